The van der Waals surface area contributed by atoms with Gasteiger partial charge in [-0.1, -0.05) is 48.0 Å². The third-order valence-electron chi connectivity index (χ3n) is 4.98. The fraction of sp³-hybridized carbons (Fsp3) is 0.333. The zero-order valence-corrected chi connectivity index (χ0v) is 15.9. The van der Waals surface area contributed by atoms with E-state index in [1.807, 2.05) is 55.5 Å². The van der Waals surface area contributed by atoms with E-state index in [0.29, 0.717) is 31.0 Å². The largest absolute Gasteiger partial charge is 0.329 e. The first-order valence-corrected chi connectivity index (χ1v) is 9.26. The normalized spacial score (nSPS) is 17.5. The number of aryl methyl sites for hydroxylation is 1. The molecule has 0 saturated carbocycles. The lowest BCUT2D eigenvalue weighted by atomic mass is 10.1. The number of halogens is 1. The fourth-order valence-electron chi connectivity index (χ4n) is 3.38. The molecule has 0 aromatic heterocycles. The number of carbonyl (C=O) groups is 2. The molecule has 4 nitrogen and oxygen atoms in total. The van der Waals surface area contributed by atoms with Crippen molar-refractivity contribution >= 4 is 29.1 Å². The smallest absolute Gasteiger partial charge is 0.249 e. The third-order valence-corrected chi connectivity index (χ3v) is 5.39. The van der Waals surface area contributed by atoms with Crippen molar-refractivity contribution in [1.82, 2.24) is 4.90 Å². The summed E-state index contributed by atoms with van der Waals surface area (Å²) in [5.41, 5.74) is 2.84. The molecule has 1 saturated heterocycles. The van der Waals surface area contributed by atoms with Crippen LogP contribution in [0, 0.1) is 6.92 Å². The Labute approximate surface area is 159 Å². The second-order valence-corrected chi connectivity index (χ2v) is 7.03. The van der Waals surface area contributed by atoms with E-state index in [1.54, 1.807) is 16.7 Å². The molecule has 1 aliphatic heterocycles. The van der Waals surface area contributed by atoms with Gasteiger partial charge in [0, 0.05) is 30.2 Å². The van der Waals surface area contributed by atoms with E-state index in [-0.39, 0.29) is 11.8 Å². The summed E-state index contributed by atoms with van der Waals surface area (Å²) in [6, 6.07) is 15.0. The van der Waals surface area contributed by atoms with Crippen molar-refractivity contribution in [2.45, 2.75) is 32.7 Å². The van der Waals surface area contributed by atoms with Gasteiger partial charge in [-0.25, -0.2) is 0 Å². The summed E-state index contributed by atoms with van der Waals surface area (Å²) in [6.45, 7) is 4.73. The average Bonchev–Trinajstić information content (AvgIpc) is 2.65. The number of hydrogen-bond acceptors (Lipinski definition) is 2. The summed E-state index contributed by atoms with van der Waals surface area (Å²) in [4.78, 5) is 28.9. The van der Waals surface area contributed by atoms with Gasteiger partial charge in [0.2, 0.25) is 11.8 Å². The number of nitrogens with zero attached hydrogens (tertiary/aromatic N) is 2. The van der Waals surface area contributed by atoms with Gasteiger partial charge in [-0.2, -0.15) is 0 Å². The van der Waals surface area contributed by atoms with Crippen molar-refractivity contribution in [3.05, 3.63) is 64.7 Å². The third kappa shape index (κ3) is 3.75. The summed E-state index contributed by atoms with van der Waals surface area (Å²) < 4.78 is 0. The Morgan fingerprint density at radius 1 is 1.12 bits per heavy atom. The molecule has 136 valence electrons. The topological polar surface area (TPSA) is 40.6 Å². The maximum absolute atomic E-state index is 12.9. The highest BCUT2D eigenvalue weighted by Gasteiger charge is 2.35. The van der Waals surface area contributed by atoms with Crippen LogP contribution in [-0.2, 0) is 16.0 Å². The number of hydrogen-bond donors (Lipinski definition) is 0. The van der Waals surface area contributed by atoms with Gasteiger partial charge in [0.15, 0.2) is 0 Å². The molecule has 0 spiro atoms. The monoisotopic (exact) mass is 370 g/mol. The van der Waals surface area contributed by atoms with Crippen LogP contribution in [-0.4, -0.2) is 35.8 Å². The zero-order chi connectivity index (χ0) is 18.7. The van der Waals surface area contributed by atoms with Gasteiger partial charge in [0.25, 0.3) is 0 Å². The SMILES string of the molecule is Cc1c(Cl)cccc1N1CCN(C(=O)CCc2ccccc2)C(C)C1=O. The second kappa shape index (κ2) is 7.92. The quantitative estimate of drug-likeness (QED) is 0.820. The average molecular weight is 371 g/mol. The van der Waals surface area contributed by atoms with Crippen LogP contribution < -0.4 is 4.90 Å². The predicted octanol–water partition coefficient (Wildman–Crippen LogP) is 3.84. The van der Waals surface area contributed by atoms with Crippen LogP contribution >= 0.6 is 11.6 Å². The van der Waals surface area contributed by atoms with Gasteiger partial charge in [-0.3, -0.25) is 9.59 Å². The number of anilines is 1. The van der Waals surface area contributed by atoms with Crippen molar-refractivity contribution in [3.8, 4) is 0 Å². The molecule has 1 unspecified atom stereocenters. The first kappa shape index (κ1) is 18.5. The minimum absolute atomic E-state index is 0.0252. The van der Waals surface area contributed by atoms with E-state index < -0.39 is 6.04 Å². The van der Waals surface area contributed by atoms with E-state index in [4.69, 9.17) is 11.6 Å². The van der Waals surface area contributed by atoms with E-state index in [2.05, 4.69) is 0 Å². The molecule has 1 fully saturated rings. The molecular formula is C21H23ClN2O2. The number of benzene rings is 2. The highest BCUT2D eigenvalue weighted by Crippen LogP contribution is 2.29. The minimum atomic E-state index is -0.467. The van der Waals surface area contributed by atoms with Crippen LogP contribution in [0.4, 0.5) is 5.69 Å². The maximum atomic E-state index is 12.9. The minimum Gasteiger partial charge on any atom is -0.329 e. The molecule has 0 bridgehead atoms. The molecule has 0 aliphatic carbocycles. The standard InChI is InChI=1S/C21H23ClN2O2/c1-15-18(22)9-6-10-19(15)24-14-13-23(16(2)21(24)26)20(25)12-11-17-7-4-3-5-8-17/h3-10,16H,11-14H2,1-2H3. The molecule has 2 aromatic carbocycles. The molecule has 1 aliphatic rings. The van der Waals surface area contributed by atoms with Crippen LogP contribution in [0.1, 0.15) is 24.5 Å². The summed E-state index contributed by atoms with van der Waals surface area (Å²) in [5, 5.41) is 0.643. The Kier molecular flexibility index (Phi) is 5.62. The molecular weight excluding hydrogens is 348 g/mol. The lowest BCUT2D eigenvalue weighted by Gasteiger charge is -2.39. The van der Waals surface area contributed by atoms with Crippen molar-refractivity contribution in [2.75, 3.05) is 18.0 Å². The highest BCUT2D eigenvalue weighted by molar-refractivity contribution is 6.31. The van der Waals surface area contributed by atoms with Gasteiger partial charge in [-0.05, 0) is 43.5 Å². The van der Waals surface area contributed by atoms with Crippen LogP contribution in [0.2, 0.25) is 5.02 Å². The molecule has 5 heteroatoms. The van der Waals surface area contributed by atoms with Crippen molar-refractivity contribution in [2.24, 2.45) is 0 Å². The molecule has 3 rings (SSSR count). The number of carbonyl (C=O) groups excluding carboxylic acids is 2. The molecule has 26 heavy (non-hydrogen) atoms. The first-order valence-electron chi connectivity index (χ1n) is 8.89. The van der Waals surface area contributed by atoms with Crippen molar-refractivity contribution in [3.63, 3.8) is 0 Å². The molecule has 1 heterocycles. The Morgan fingerprint density at radius 3 is 2.58 bits per heavy atom. The maximum Gasteiger partial charge on any atom is 0.249 e. The van der Waals surface area contributed by atoms with E-state index >= 15 is 0 Å². The van der Waals surface area contributed by atoms with E-state index in [9.17, 15) is 9.59 Å². The number of rotatable bonds is 4. The van der Waals surface area contributed by atoms with Crippen LogP contribution in [0.5, 0.6) is 0 Å². The highest BCUT2D eigenvalue weighted by atomic mass is 35.5. The summed E-state index contributed by atoms with van der Waals surface area (Å²) >= 11 is 6.19. The van der Waals surface area contributed by atoms with Crippen molar-refractivity contribution in [1.29, 1.82) is 0 Å². The summed E-state index contributed by atoms with van der Waals surface area (Å²) in [6.07, 6.45) is 1.10. The van der Waals surface area contributed by atoms with E-state index in [1.165, 1.54) is 0 Å². The Morgan fingerprint density at radius 2 is 1.85 bits per heavy atom. The Bertz CT molecular complexity index is 807. The summed E-state index contributed by atoms with van der Waals surface area (Å²) in [5.74, 6) is -0.0353. The Hall–Kier alpha value is -2.33. The predicted molar refractivity (Wildman–Crippen MR) is 104 cm³/mol. The molecule has 1 atom stereocenters. The lowest BCUT2D eigenvalue weighted by Crippen LogP contribution is -2.58. The second-order valence-electron chi connectivity index (χ2n) is 6.62. The van der Waals surface area contributed by atoms with E-state index in [0.717, 1.165) is 16.8 Å². The lowest BCUT2D eigenvalue weighted by molar-refractivity contribution is -0.140. The molecule has 2 amide bonds. The van der Waals surface area contributed by atoms with Crippen LogP contribution in [0.3, 0.4) is 0 Å². The molecule has 0 radical (unpaired) electrons. The van der Waals surface area contributed by atoms with Gasteiger partial charge in [0.1, 0.15) is 6.04 Å². The van der Waals surface area contributed by atoms with Crippen LogP contribution in [0.15, 0.2) is 48.5 Å². The first-order chi connectivity index (χ1) is 12.5. The van der Waals surface area contributed by atoms with Gasteiger partial charge in [0.05, 0.1) is 0 Å². The van der Waals surface area contributed by atoms with Crippen LogP contribution in [0.25, 0.3) is 0 Å². The fourth-order valence-corrected chi connectivity index (χ4v) is 3.55. The van der Waals surface area contributed by atoms with Gasteiger partial charge < -0.3 is 9.80 Å². The van der Waals surface area contributed by atoms with Crippen molar-refractivity contribution < 1.29 is 9.59 Å². The van der Waals surface area contributed by atoms with Gasteiger partial charge >= 0.3 is 0 Å². The molecule has 0 N–H and O–H groups in total. The zero-order valence-electron chi connectivity index (χ0n) is 15.1. The number of amides is 2. The van der Waals surface area contributed by atoms with Gasteiger partial charge in [-0.15, -0.1) is 0 Å². The number of piperazine rings is 1. The molecule has 2 aromatic rings. The summed E-state index contributed by atoms with van der Waals surface area (Å²) in [7, 11) is 0. The Balaban J connectivity index is 1.67.